The zero-order chi connectivity index (χ0) is 13.7. The summed E-state index contributed by atoms with van der Waals surface area (Å²) < 4.78 is 23.1. The highest BCUT2D eigenvalue weighted by Gasteiger charge is 2.25. The van der Waals surface area contributed by atoms with E-state index >= 15 is 0 Å². The lowest BCUT2D eigenvalue weighted by atomic mass is 9.91. The van der Waals surface area contributed by atoms with Crippen molar-refractivity contribution in [1.82, 2.24) is 5.32 Å². The monoisotopic (exact) mass is 264 g/mol. The normalized spacial score (nSPS) is 13.4. The van der Waals surface area contributed by atoms with Gasteiger partial charge in [0.2, 0.25) is 0 Å². The molecule has 0 aliphatic heterocycles. The number of amides is 1. The molecule has 0 atom stereocenters. The van der Waals surface area contributed by atoms with Crippen molar-refractivity contribution in [3.8, 4) is 0 Å². The van der Waals surface area contributed by atoms with E-state index in [4.69, 9.17) is 0 Å². The van der Waals surface area contributed by atoms with Crippen LogP contribution in [0.3, 0.4) is 0 Å². The van der Waals surface area contributed by atoms with Crippen molar-refractivity contribution in [3.63, 3.8) is 0 Å². The Bertz CT molecular complexity index is 393. The summed E-state index contributed by atoms with van der Waals surface area (Å²) in [7, 11) is -1.80. The molecule has 0 bridgehead atoms. The maximum absolute atomic E-state index is 11.5. The average molecular weight is 264 g/mol. The largest absolute Gasteiger partial charge is 0.433 e. The Balaban J connectivity index is 4.98. The Morgan fingerprint density at radius 2 is 1.88 bits per heavy atom. The summed E-state index contributed by atoms with van der Waals surface area (Å²) in [6.07, 6.45) is -0.722. The number of oxime groups is 1. The van der Waals surface area contributed by atoms with Crippen molar-refractivity contribution in [2.75, 3.05) is 18.6 Å². The fourth-order valence-electron chi connectivity index (χ4n) is 0.832. The molecule has 0 spiro atoms. The second-order valence-electron chi connectivity index (χ2n) is 4.59. The second-order valence-corrected chi connectivity index (χ2v) is 6.95. The van der Waals surface area contributed by atoms with Gasteiger partial charge in [-0.15, -0.1) is 0 Å². The smallest absolute Gasteiger partial charge is 0.323 e. The highest BCUT2D eigenvalue weighted by Crippen LogP contribution is 2.18. The van der Waals surface area contributed by atoms with Gasteiger partial charge in [0.25, 0.3) is 0 Å². The average Bonchev–Trinajstić information content (AvgIpc) is 2.22. The highest BCUT2D eigenvalue weighted by molar-refractivity contribution is 7.92. The first-order valence-corrected chi connectivity index (χ1v) is 7.11. The molecule has 0 aromatic carbocycles. The van der Waals surface area contributed by atoms with E-state index in [1.165, 1.54) is 7.05 Å². The van der Waals surface area contributed by atoms with Gasteiger partial charge < -0.3 is 5.32 Å². The van der Waals surface area contributed by atoms with Crippen molar-refractivity contribution >= 4 is 21.6 Å². The van der Waals surface area contributed by atoms with Gasteiger partial charge in [0, 0.05) is 18.2 Å². The van der Waals surface area contributed by atoms with Crippen LogP contribution < -0.4 is 5.32 Å². The minimum Gasteiger partial charge on any atom is -0.323 e. The van der Waals surface area contributed by atoms with Gasteiger partial charge in [-0.1, -0.05) is 32.9 Å². The first-order valence-electron chi connectivity index (χ1n) is 5.29. The van der Waals surface area contributed by atoms with E-state index in [1.54, 1.807) is 6.92 Å². The van der Waals surface area contributed by atoms with E-state index in [2.05, 4.69) is 15.3 Å². The van der Waals surface area contributed by atoms with Crippen LogP contribution in [-0.2, 0) is 14.7 Å². The number of rotatable bonds is 4. The molecule has 6 nitrogen and oxygen atoms in total. The Kier molecular flexibility index (Phi) is 5.60. The number of carbonyl (C=O) groups is 1. The van der Waals surface area contributed by atoms with E-state index in [-0.39, 0.29) is 11.5 Å². The van der Waals surface area contributed by atoms with Gasteiger partial charge in [-0.3, -0.25) is 4.84 Å². The summed E-state index contributed by atoms with van der Waals surface area (Å²) >= 11 is 0. The fourth-order valence-corrected chi connectivity index (χ4v) is 1.94. The molecule has 0 aliphatic rings. The van der Waals surface area contributed by atoms with E-state index in [9.17, 15) is 13.2 Å². The Morgan fingerprint density at radius 3 is 2.24 bits per heavy atom. The van der Waals surface area contributed by atoms with Gasteiger partial charge in [0.1, 0.15) is 0 Å². The SMILES string of the molecule is CCS(=O)(=O)CC(=NOC(=O)NC)C(C)(C)C. The fraction of sp³-hybridized carbons (Fsp3) is 0.800. The van der Waals surface area contributed by atoms with E-state index < -0.39 is 21.3 Å². The summed E-state index contributed by atoms with van der Waals surface area (Å²) in [4.78, 5) is 15.4. The third kappa shape index (κ3) is 6.25. The standard InChI is InChI=1S/C10H20N2O4S/c1-6-17(14,15)7-8(10(2,3)4)12-16-9(13)11-5/h6-7H2,1-5H3,(H,11,13). The molecule has 17 heavy (non-hydrogen) atoms. The number of sulfone groups is 1. The number of nitrogens with zero attached hydrogens (tertiary/aromatic N) is 1. The molecular weight excluding hydrogens is 244 g/mol. The molecule has 1 amide bonds. The lowest BCUT2D eigenvalue weighted by Gasteiger charge is -2.20. The molecule has 0 rings (SSSR count). The summed E-state index contributed by atoms with van der Waals surface area (Å²) in [6, 6.07) is 0. The van der Waals surface area contributed by atoms with Crippen LogP contribution in [-0.4, -0.2) is 38.8 Å². The molecule has 0 radical (unpaired) electrons. The molecule has 0 unspecified atom stereocenters. The molecule has 0 aromatic heterocycles. The quantitative estimate of drug-likeness (QED) is 0.469. The van der Waals surface area contributed by atoms with Crippen LogP contribution in [0, 0.1) is 5.41 Å². The lowest BCUT2D eigenvalue weighted by molar-refractivity contribution is 0.151. The molecule has 7 heteroatoms. The van der Waals surface area contributed by atoms with Crippen LogP contribution in [0.5, 0.6) is 0 Å². The first-order chi connectivity index (χ1) is 7.62. The highest BCUT2D eigenvalue weighted by atomic mass is 32.2. The van der Waals surface area contributed by atoms with Gasteiger partial charge in [-0.25, -0.2) is 13.2 Å². The molecule has 0 heterocycles. The predicted molar refractivity (Wildman–Crippen MR) is 66.8 cm³/mol. The van der Waals surface area contributed by atoms with Crippen molar-refractivity contribution < 1.29 is 18.0 Å². The zero-order valence-electron chi connectivity index (χ0n) is 10.9. The molecular formula is C10H20N2O4S. The molecule has 0 saturated heterocycles. The van der Waals surface area contributed by atoms with Crippen LogP contribution >= 0.6 is 0 Å². The minimum absolute atomic E-state index is 0.0298. The third-order valence-corrected chi connectivity index (χ3v) is 3.70. The predicted octanol–water partition coefficient (Wildman–Crippen LogP) is 1.18. The zero-order valence-corrected chi connectivity index (χ0v) is 11.7. The minimum atomic E-state index is -3.20. The Morgan fingerprint density at radius 1 is 1.35 bits per heavy atom. The van der Waals surface area contributed by atoms with E-state index in [1.807, 2.05) is 20.8 Å². The summed E-state index contributed by atoms with van der Waals surface area (Å²) in [5.74, 6) is -0.175. The maximum Gasteiger partial charge on any atom is 0.433 e. The van der Waals surface area contributed by atoms with Crippen molar-refractivity contribution in [1.29, 1.82) is 0 Å². The van der Waals surface area contributed by atoms with Crippen LogP contribution in [0.15, 0.2) is 5.16 Å². The van der Waals surface area contributed by atoms with Crippen LogP contribution in [0.25, 0.3) is 0 Å². The second kappa shape index (κ2) is 6.00. The number of hydrogen-bond donors (Lipinski definition) is 1. The van der Waals surface area contributed by atoms with Gasteiger partial charge in [-0.05, 0) is 0 Å². The third-order valence-electron chi connectivity index (χ3n) is 2.11. The summed E-state index contributed by atoms with van der Waals surface area (Å²) in [5, 5.41) is 5.86. The van der Waals surface area contributed by atoms with Crippen LogP contribution in [0.4, 0.5) is 4.79 Å². The van der Waals surface area contributed by atoms with Gasteiger partial charge in [0.15, 0.2) is 9.84 Å². The van der Waals surface area contributed by atoms with Gasteiger partial charge >= 0.3 is 6.09 Å². The van der Waals surface area contributed by atoms with Gasteiger partial charge in [0.05, 0.1) is 11.5 Å². The van der Waals surface area contributed by atoms with Crippen molar-refractivity contribution in [2.24, 2.45) is 10.6 Å². The lowest BCUT2D eigenvalue weighted by Crippen LogP contribution is -2.30. The topological polar surface area (TPSA) is 84.8 Å². The van der Waals surface area contributed by atoms with Crippen LogP contribution in [0.2, 0.25) is 0 Å². The summed E-state index contributed by atoms with van der Waals surface area (Å²) in [6.45, 7) is 6.99. The first kappa shape index (κ1) is 15.9. The maximum atomic E-state index is 11.5. The Hall–Kier alpha value is -1.11. The number of hydrogen-bond acceptors (Lipinski definition) is 5. The molecule has 0 saturated carbocycles. The number of carbonyl (C=O) groups excluding carboxylic acids is 1. The molecule has 0 aromatic rings. The molecule has 0 fully saturated rings. The molecule has 0 aliphatic carbocycles. The molecule has 1 N–H and O–H groups in total. The summed E-state index contributed by atoms with van der Waals surface area (Å²) in [5.41, 5.74) is -0.154. The van der Waals surface area contributed by atoms with Gasteiger partial charge in [-0.2, -0.15) is 0 Å². The van der Waals surface area contributed by atoms with Crippen molar-refractivity contribution in [2.45, 2.75) is 27.7 Å². The molecule has 100 valence electrons. The van der Waals surface area contributed by atoms with E-state index in [0.29, 0.717) is 5.71 Å². The van der Waals surface area contributed by atoms with E-state index in [0.717, 1.165) is 0 Å². The van der Waals surface area contributed by atoms with Crippen molar-refractivity contribution in [3.05, 3.63) is 0 Å². The van der Waals surface area contributed by atoms with Crippen LogP contribution in [0.1, 0.15) is 27.7 Å². The Labute approximate surface area is 102 Å². The number of nitrogens with one attached hydrogen (secondary N) is 1.